The Morgan fingerprint density at radius 2 is 2.00 bits per heavy atom. The van der Waals surface area contributed by atoms with Crippen LogP contribution in [0.4, 0.5) is 0 Å². The lowest BCUT2D eigenvalue weighted by atomic mass is 10.1. The topological polar surface area (TPSA) is 47.6 Å². The highest BCUT2D eigenvalue weighted by Gasteiger charge is 2.11. The van der Waals surface area contributed by atoms with E-state index in [2.05, 4.69) is 21.2 Å². The Morgan fingerprint density at radius 1 is 1.37 bits per heavy atom. The number of amides is 1. The van der Waals surface area contributed by atoms with E-state index in [-0.39, 0.29) is 11.3 Å². The summed E-state index contributed by atoms with van der Waals surface area (Å²) in [6, 6.07) is 2.84. The highest BCUT2D eigenvalue weighted by molar-refractivity contribution is 9.10. The van der Waals surface area contributed by atoms with Crippen LogP contribution in [0, 0.1) is 5.92 Å². The van der Waals surface area contributed by atoms with E-state index in [4.69, 9.17) is 15.0 Å². The molecule has 0 bridgehead atoms. The number of hydrogen-bond acceptors (Lipinski definition) is 3. The van der Waals surface area contributed by atoms with Crippen LogP contribution < -0.4 is 14.8 Å². The van der Waals surface area contributed by atoms with E-state index in [1.165, 1.54) is 26.4 Å². The molecule has 0 saturated heterocycles. The normalized spacial score (nSPS) is 15.1. The SMILES string of the molecule is [2H]C([2H])(NC(=O)C(C)C)C([2H])([2H])c1cc(OC)c(Br)cc1OC. The zero-order valence-corrected chi connectivity index (χ0v) is 12.9. The van der Waals surface area contributed by atoms with Crippen LogP contribution in [0.2, 0.25) is 0 Å². The summed E-state index contributed by atoms with van der Waals surface area (Å²) < 4.78 is 43.3. The van der Waals surface area contributed by atoms with E-state index in [0.29, 0.717) is 10.2 Å². The fourth-order valence-electron chi connectivity index (χ4n) is 1.26. The van der Waals surface area contributed by atoms with Crippen molar-refractivity contribution in [3.8, 4) is 11.5 Å². The third-order valence-electron chi connectivity index (χ3n) is 2.38. The van der Waals surface area contributed by atoms with Gasteiger partial charge in [-0.15, -0.1) is 0 Å². The van der Waals surface area contributed by atoms with Crippen molar-refractivity contribution in [3.05, 3.63) is 22.2 Å². The number of halogens is 1. The zero-order valence-electron chi connectivity index (χ0n) is 15.3. The van der Waals surface area contributed by atoms with Crippen molar-refractivity contribution in [1.82, 2.24) is 5.32 Å². The molecule has 0 aliphatic heterocycles. The number of methoxy groups -OCH3 is 2. The molecule has 0 fully saturated rings. The van der Waals surface area contributed by atoms with E-state index in [9.17, 15) is 4.79 Å². The lowest BCUT2D eigenvalue weighted by molar-refractivity contribution is -0.123. The molecule has 1 aromatic rings. The fraction of sp³-hybridized carbons (Fsp3) is 0.500. The number of carbonyl (C=O) groups is 1. The second kappa shape index (κ2) is 7.38. The summed E-state index contributed by atoms with van der Waals surface area (Å²) in [4.78, 5) is 11.8. The third kappa shape index (κ3) is 4.42. The highest BCUT2D eigenvalue weighted by Crippen LogP contribution is 2.32. The molecule has 0 aliphatic rings. The van der Waals surface area contributed by atoms with Gasteiger partial charge in [0.1, 0.15) is 11.5 Å². The predicted molar refractivity (Wildman–Crippen MR) is 78.8 cm³/mol. The van der Waals surface area contributed by atoms with Gasteiger partial charge in [-0.3, -0.25) is 4.79 Å². The Morgan fingerprint density at radius 3 is 2.53 bits per heavy atom. The van der Waals surface area contributed by atoms with Crippen LogP contribution >= 0.6 is 15.9 Å². The number of carbonyl (C=O) groups excluding carboxylic acids is 1. The van der Waals surface area contributed by atoms with Gasteiger partial charge >= 0.3 is 0 Å². The van der Waals surface area contributed by atoms with Gasteiger partial charge < -0.3 is 14.8 Å². The van der Waals surface area contributed by atoms with E-state index in [1.807, 2.05) is 0 Å². The summed E-state index contributed by atoms with van der Waals surface area (Å²) in [7, 11) is 2.78. The molecule has 0 aromatic heterocycles. The van der Waals surface area contributed by atoms with E-state index in [1.54, 1.807) is 13.8 Å². The van der Waals surface area contributed by atoms with E-state index in [0.717, 1.165) is 0 Å². The maximum atomic E-state index is 11.8. The average molecular weight is 334 g/mol. The van der Waals surface area contributed by atoms with Gasteiger partial charge in [-0.1, -0.05) is 13.8 Å². The Kier molecular flexibility index (Phi) is 4.10. The molecule has 5 heteroatoms. The zero-order chi connectivity index (χ0) is 18.0. The molecule has 0 atom stereocenters. The Bertz CT molecular complexity index is 594. The van der Waals surface area contributed by atoms with E-state index < -0.39 is 24.7 Å². The van der Waals surface area contributed by atoms with Crippen LogP contribution in [-0.4, -0.2) is 26.6 Å². The molecule has 0 unspecified atom stereocenters. The van der Waals surface area contributed by atoms with Gasteiger partial charge in [0, 0.05) is 17.9 Å². The highest BCUT2D eigenvalue weighted by atomic mass is 79.9. The Labute approximate surface area is 128 Å². The van der Waals surface area contributed by atoms with Gasteiger partial charge in [-0.05, 0) is 40.0 Å². The van der Waals surface area contributed by atoms with Crippen molar-refractivity contribution in [2.24, 2.45) is 5.92 Å². The number of aryl methyl sites for hydroxylation is 1. The molecule has 0 spiro atoms. The molecular weight excluding hydrogens is 310 g/mol. The minimum atomic E-state index is -2.64. The molecule has 0 aliphatic carbocycles. The molecule has 1 rings (SSSR count). The summed E-state index contributed by atoms with van der Waals surface area (Å²) in [5.41, 5.74) is -0.0610. The predicted octanol–water partition coefficient (Wildman–Crippen LogP) is 2.78. The lowest BCUT2D eigenvalue weighted by Crippen LogP contribution is -2.29. The Hall–Kier alpha value is -1.23. The van der Waals surface area contributed by atoms with Crippen molar-refractivity contribution in [1.29, 1.82) is 0 Å². The van der Waals surface area contributed by atoms with Gasteiger partial charge in [-0.25, -0.2) is 0 Å². The molecule has 106 valence electrons. The molecule has 4 nitrogen and oxygen atoms in total. The second-order valence-corrected chi connectivity index (χ2v) is 4.94. The first-order valence-corrected chi connectivity index (χ1v) is 6.51. The van der Waals surface area contributed by atoms with Crippen LogP contribution in [-0.2, 0) is 11.2 Å². The number of hydrogen-bond donors (Lipinski definition) is 1. The molecule has 1 aromatic carbocycles. The molecule has 0 heterocycles. The second-order valence-electron chi connectivity index (χ2n) is 4.08. The Balaban J connectivity index is 3.38. The van der Waals surface area contributed by atoms with Gasteiger partial charge in [0.25, 0.3) is 0 Å². The van der Waals surface area contributed by atoms with Crippen molar-refractivity contribution < 1.29 is 19.8 Å². The van der Waals surface area contributed by atoms with Crippen molar-refractivity contribution in [3.63, 3.8) is 0 Å². The first-order chi connectivity index (χ1) is 10.5. The van der Waals surface area contributed by atoms with Gasteiger partial charge in [0.2, 0.25) is 5.91 Å². The maximum absolute atomic E-state index is 11.8. The lowest BCUT2D eigenvalue weighted by Gasteiger charge is -2.13. The molecule has 1 amide bonds. The summed E-state index contributed by atoms with van der Waals surface area (Å²) in [5, 5.41) is 2.11. The minimum absolute atomic E-state index is 0.0610. The quantitative estimate of drug-likeness (QED) is 0.870. The van der Waals surface area contributed by atoms with Crippen LogP contribution in [0.1, 0.15) is 24.9 Å². The van der Waals surface area contributed by atoms with Gasteiger partial charge in [-0.2, -0.15) is 0 Å². The van der Waals surface area contributed by atoms with Crippen LogP contribution in [0.15, 0.2) is 16.6 Å². The standard InChI is InChI=1S/C14H20BrNO3/c1-9(2)14(17)16-6-5-10-7-13(19-4)11(15)8-12(10)18-3/h7-9H,5-6H2,1-4H3,(H,16,17)/i5D2,6D2. The number of nitrogens with one attached hydrogen (secondary N) is 1. The fourth-order valence-corrected chi connectivity index (χ4v) is 1.75. The minimum Gasteiger partial charge on any atom is -0.496 e. The molecule has 0 radical (unpaired) electrons. The summed E-state index contributed by atoms with van der Waals surface area (Å²) >= 11 is 3.27. The summed E-state index contributed by atoms with van der Waals surface area (Å²) in [5.74, 6) is -0.579. The third-order valence-corrected chi connectivity index (χ3v) is 3.00. The van der Waals surface area contributed by atoms with Crippen LogP contribution in [0.3, 0.4) is 0 Å². The summed E-state index contributed by atoms with van der Waals surface area (Å²) in [6.45, 7) is 0.564. The van der Waals surface area contributed by atoms with E-state index >= 15 is 0 Å². The molecule has 1 N–H and O–H groups in total. The summed E-state index contributed by atoms with van der Waals surface area (Å²) in [6.07, 6.45) is -2.54. The van der Waals surface area contributed by atoms with Gasteiger partial charge in [0.05, 0.1) is 18.7 Å². The van der Waals surface area contributed by atoms with Crippen LogP contribution in [0.5, 0.6) is 11.5 Å². The molecule has 0 saturated carbocycles. The van der Waals surface area contributed by atoms with Crippen LogP contribution in [0.25, 0.3) is 0 Å². The first kappa shape index (κ1) is 10.5. The average Bonchev–Trinajstić information content (AvgIpc) is 2.45. The van der Waals surface area contributed by atoms with Crippen molar-refractivity contribution in [2.45, 2.75) is 20.2 Å². The smallest absolute Gasteiger partial charge is 0.222 e. The molecular formula is C14H20BrNO3. The van der Waals surface area contributed by atoms with Crippen molar-refractivity contribution >= 4 is 21.8 Å². The number of benzene rings is 1. The van der Waals surface area contributed by atoms with Crippen molar-refractivity contribution in [2.75, 3.05) is 20.7 Å². The number of ether oxygens (including phenoxy) is 2. The van der Waals surface area contributed by atoms with Gasteiger partial charge in [0.15, 0.2) is 0 Å². The number of rotatable bonds is 6. The maximum Gasteiger partial charge on any atom is 0.222 e. The molecule has 19 heavy (non-hydrogen) atoms. The largest absolute Gasteiger partial charge is 0.496 e. The first-order valence-electron chi connectivity index (χ1n) is 7.72. The monoisotopic (exact) mass is 333 g/mol.